The molecule has 2 aromatic heterocycles. The molecular weight excluding hydrogens is 280 g/mol. The maximum absolute atomic E-state index is 4.52. The van der Waals surface area contributed by atoms with Crippen molar-refractivity contribution in [1.82, 2.24) is 15.0 Å². The number of pyridine rings is 1. The van der Waals surface area contributed by atoms with Crippen molar-refractivity contribution in [2.24, 2.45) is 0 Å². The van der Waals surface area contributed by atoms with Crippen LogP contribution in [0.25, 0.3) is 21.9 Å². The fraction of sp³-hybridized carbons (Fsp3) is 0.0833. The molecular formula is C12H9BrN4. The molecule has 3 rings (SSSR count). The summed E-state index contributed by atoms with van der Waals surface area (Å²) in [4.78, 5) is 13.0. The van der Waals surface area contributed by atoms with Crippen molar-refractivity contribution in [3.8, 4) is 0 Å². The molecule has 0 amide bonds. The summed E-state index contributed by atoms with van der Waals surface area (Å²) in [6.07, 6.45) is 1.78. The van der Waals surface area contributed by atoms with E-state index in [1.165, 1.54) is 0 Å². The normalized spacial score (nSPS) is 10.9. The van der Waals surface area contributed by atoms with Crippen LogP contribution in [-0.2, 0) is 0 Å². The molecule has 0 saturated carbocycles. The summed E-state index contributed by atoms with van der Waals surface area (Å²) in [5, 5.41) is 4.92. The van der Waals surface area contributed by atoms with Gasteiger partial charge in [0.2, 0.25) is 5.95 Å². The van der Waals surface area contributed by atoms with Crippen LogP contribution in [0.3, 0.4) is 0 Å². The average Bonchev–Trinajstić information content (AvgIpc) is 2.35. The minimum absolute atomic E-state index is 0.585. The lowest BCUT2D eigenvalue weighted by molar-refractivity contribution is 1.17. The molecule has 0 spiro atoms. The van der Waals surface area contributed by atoms with Crippen LogP contribution in [0.5, 0.6) is 0 Å². The van der Waals surface area contributed by atoms with Crippen LogP contribution in [0.4, 0.5) is 5.95 Å². The molecule has 1 N–H and O–H groups in total. The van der Waals surface area contributed by atoms with Gasteiger partial charge in [-0.1, -0.05) is 15.9 Å². The molecule has 84 valence electrons. The van der Waals surface area contributed by atoms with E-state index in [1.807, 2.05) is 24.3 Å². The van der Waals surface area contributed by atoms with Gasteiger partial charge < -0.3 is 5.32 Å². The van der Waals surface area contributed by atoms with Gasteiger partial charge in [0.15, 0.2) is 5.65 Å². The molecule has 3 aromatic rings. The maximum atomic E-state index is 4.52. The molecule has 1 aromatic carbocycles. The van der Waals surface area contributed by atoms with E-state index in [1.54, 1.807) is 13.2 Å². The van der Waals surface area contributed by atoms with Crippen molar-refractivity contribution in [2.45, 2.75) is 0 Å². The Bertz CT molecular complexity index is 711. The van der Waals surface area contributed by atoms with Gasteiger partial charge in [0.05, 0.1) is 5.52 Å². The number of nitrogens with zero attached hydrogens (tertiary/aromatic N) is 3. The van der Waals surface area contributed by atoms with E-state index >= 15 is 0 Å². The van der Waals surface area contributed by atoms with Crippen molar-refractivity contribution in [3.05, 3.63) is 34.9 Å². The number of benzene rings is 1. The quantitative estimate of drug-likeness (QED) is 0.700. The Labute approximate surface area is 106 Å². The highest BCUT2D eigenvalue weighted by atomic mass is 79.9. The van der Waals surface area contributed by atoms with Gasteiger partial charge in [0, 0.05) is 28.5 Å². The summed E-state index contributed by atoms with van der Waals surface area (Å²) >= 11 is 3.45. The predicted molar refractivity (Wildman–Crippen MR) is 72.1 cm³/mol. The van der Waals surface area contributed by atoms with Crippen LogP contribution in [0.15, 0.2) is 34.9 Å². The molecule has 17 heavy (non-hydrogen) atoms. The van der Waals surface area contributed by atoms with E-state index in [4.69, 9.17) is 0 Å². The minimum atomic E-state index is 0.585. The van der Waals surface area contributed by atoms with Gasteiger partial charge in [0.1, 0.15) is 0 Å². The standard InChI is InChI=1S/C12H9BrN4/c1-14-12-15-6-8-4-7-5-9(13)2-3-10(7)16-11(8)17-12/h2-6H,1H3,(H,14,15,16,17). The van der Waals surface area contributed by atoms with Gasteiger partial charge in [-0.15, -0.1) is 0 Å². The van der Waals surface area contributed by atoms with Crippen molar-refractivity contribution in [2.75, 3.05) is 12.4 Å². The van der Waals surface area contributed by atoms with Crippen molar-refractivity contribution < 1.29 is 0 Å². The molecule has 0 atom stereocenters. The molecule has 0 fully saturated rings. The zero-order valence-corrected chi connectivity index (χ0v) is 10.7. The third kappa shape index (κ3) is 1.82. The third-order valence-electron chi connectivity index (χ3n) is 2.55. The Balaban J connectivity index is 2.35. The van der Waals surface area contributed by atoms with Gasteiger partial charge >= 0.3 is 0 Å². The fourth-order valence-electron chi connectivity index (χ4n) is 1.72. The highest BCUT2D eigenvalue weighted by molar-refractivity contribution is 9.10. The van der Waals surface area contributed by atoms with Crippen LogP contribution in [0.1, 0.15) is 0 Å². The number of fused-ring (bicyclic) bond motifs is 2. The highest BCUT2D eigenvalue weighted by Crippen LogP contribution is 2.22. The topological polar surface area (TPSA) is 50.7 Å². The van der Waals surface area contributed by atoms with E-state index in [2.05, 4.69) is 36.2 Å². The summed E-state index contributed by atoms with van der Waals surface area (Å²) in [6.45, 7) is 0. The molecule has 5 heteroatoms. The van der Waals surface area contributed by atoms with Crippen LogP contribution in [-0.4, -0.2) is 22.0 Å². The fourth-order valence-corrected chi connectivity index (χ4v) is 2.10. The predicted octanol–water partition coefficient (Wildman–Crippen LogP) is 2.98. The number of hydrogen-bond acceptors (Lipinski definition) is 4. The summed E-state index contributed by atoms with van der Waals surface area (Å²) in [7, 11) is 1.79. The second-order valence-electron chi connectivity index (χ2n) is 3.68. The summed E-state index contributed by atoms with van der Waals surface area (Å²) in [6, 6.07) is 8.02. The van der Waals surface area contributed by atoms with Crippen LogP contribution in [0, 0.1) is 0 Å². The minimum Gasteiger partial charge on any atom is -0.357 e. The van der Waals surface area contributed by atoms with Crippen molar-refractivity contribution in [1.29, 1.82) is 0 Å². The number of rotatable bonds is 1. The lowest BCUT2D eigenvalue weighted by atomic mass is 10.2. The summed E-state index contributed by atoms with van der Waals surface area (Å²) in [5.74, 6) is 0.585. The maximum Gasteiger partial charge on any atom is 0.224 e. The Hall–Kier alpha value is -1.75. The lowest BCUT2D eigenvalue weighted by Gasteiger charge is -2.03. The number of anilines is 1. The number of aromatic nitrogens is 3. The van der Waals surface area contributed by atoms with E-state index in [-0.39, 0.29) is 0 Å². The largest absolute Gasteiger partial charge is 0.357 e. The number of hydrogen-bond donors (Lipinski definition) is 1. The smallest absolute Gasteiger partial charge is 0.224 e. The first-order valence-electron chi connectivity index (χ1n) is 5.17. The van der Waals surface area contributed by atoms with Gasteiger partial charge in [-0.2, -0.15) is 4.98 Å². The van der Waals surface area contributed by atoms with E-state index in [0.29, 0.717) is 11.6 Å². The molecule has 0 aliphatic rings. The van der Waals surface area contributed by atoms with Gasteiger partial charge in [-0.05, 0) is 24.3 Å². The zero-order valence-electron chi connectivity index (χ0n) is 9.11. The molecule has 0 unspecified atom stereocenters. The zero-order chi connectivity index (χ0) is 11.8. The third-order valence-corrected chi connectivity index (χ3v) is 3.04. The van der Waals surface area contributed by atoms with E-state index in [9.17, 15) is 0 Å². The van der Waals surface area contributed by atoms with Crippen LogP contribution >= 0.6 is 15.9 Å². The van der Waals surface area contributed by atoms with E-state index in [0.717, 1.165) is 20.8 Å². The Kier molecular flexibility index (Phi) is 2.40. The molecule has 0 aliphatic carbocycles. The number of nitrogens with one attached hydrogen (secondary N) is 1. The first-order valence-corrected chi connectivity index (χ1v) is 5.96. The number of halogens is 1. The molecule has 0 saturated heterocycles. The first-order chi connectivity index (χ1) is 8.26. The summed E-state index contributed by atoms with van der Waals surface area (Å²) < 4.78 is 1.04. The van der Waals surface area contributed by atoms with Crippen molar-refractivity contribution >= 4 is 43.8 Å². The van der Waals surface area contributed by atoms with Gasteiger partial charge in [-0.25, -0.2) is 9.97 Å². The highest BCUT2D eigenvalue weighted by Gasteiger charge is 2.03. The lowest BCUT2D eigenvalue weighted by Crippen LogP contribution is -1.97. The summed E-state index contributed by atoms with van der Waals surface area (Å²) in [5.41, 5.74) is 1.64. The van der Waals surface area contributed by atoms with Gasteiger partial charge in [-0.3, -0.25) is 0 Å². The second-order valence-corrected chi connectivity index (χ2v) is 4.60. The van der Waals surface area contributed by atoms with Crippen LogP contribution in [0.2, 0.25) is 0 Å². The van der Waals surface area contributed by atoms with Gasteiger partial charge in [0.25, 0.3) is 0 Å². The Morgan fingerprint density at radius 2 is 2.00 bits per heavy atom. The second kappa shape index (κ2) is 3.92. The Morgan fingerprint density at radius 1 is 1.12 bits per heavy atom. The van der Waals surface area contributed by atoms with E-state index < -0.39 is 0 Å². The monoisotopic (exact) mass is 288 g/mol. The molecule has 2 heterocycles. The molecule has 0 aliphatic heterocycles. The average molecular weight is 289 g/mol. The SMILES string of the molecule is CNc1ncc2cc3cc(Br)ccc3nc2n1. The molecule has 4 nitrogen and oxygen atoms in total. The van der Waals surface area contributed by atoms with Crippen LogP contribution < -0.4 is 5.32 Å². The first kappa shape index (κ1) is 10.4. The Morgan fingerprint density at radius 3 is 2.82 bits per heavy atom. The molecule has 0 bridgehead atoms. The molecule has 0 radical (unpaired) electrons. The van der Waals surface area contributed by atoms with Crippen molar-refractivity contribution in [3.63, 3.8) is 0 Å².